The average Bonchev–Trinajstić information content (AvgIpc) is 2.71. The van der Waals surface area contributed by atoms with Crippen molar-refractivity contribution in [2.45, 2.75) is 33.2 Å². The number of anilines is 1. The first-order chi connectivity index (χ1) is 9.45. The summed E-state index contributed by atoms with van der Waals surface area (Å²) in [4.78, 5) is 12.0. The molecule has 20 heavy (non-hydrogen) atoms. The fourth-order valence-corrected chi connectivity index (χ4v) is 2.19. The summed E-state index contributed by atoms with van der Waals surface area (Å²) in [5.41, 5.74) is 2.56. The molecule has 1 heterocycles. The average molecular weight is 275 g/mol. The molecule has 1 amide bonds. The number of benzene rings is 1. The highest BCUT2D eigenvalue weighted by molar-refractivity contribution is 5.90. The van der Waals surface area contributed by atoms with E-state index in [1.165, 1.54) is 12.1 Å². The maximum absolute atomic E-state index is 12.8. The zero-order valence-electron chi connectivity index (χ0n) is 11.9. The van der Waals surface area contributed by atoms with Crippen LogP contribution in [0.2, 0.25) is 0 Å². The van der Waals surface area contributed by atoms with E-state index in [9.17, 15) is 9.18 Å². The van der Waals surface area contributed by atoms with Gasteiger partial charge in [0, 0.05) is 17.8 Å². The molecule has 2 aromatic rings. The number of nitrogens with zero attached hydrogens (tertiary/aromatic N) is 2. The lowest BCUT2D eigenvalue weighted by Crippen LogP contribution is -2.19. The van der Waals surface area contributed by atoms with Crippen LogP contribution >= 0.6 is 0 Å². The van der Waals surface area contributed by atoms with Gasteiger partial charge in [0.1, 0.15) is 5.82 Å². The van der Waals surface area contributed by atoms with Crippen molar-refractivity contribution in [2.75, 3.05) is 5.32 Å². The molecule has 0 aliphatic heterocycles. The quantitative estimate of drug-likeness (QED) is 0.931. The molecule has 0 radical (unpaired) electrons. The maximum atomic E-state index is 12.8. The van der Waals surface area contributed by atoms with Gasteiger partial charge in [0.25, 0.3) is 0 Å². The van der Waals surface area contributed by atoms with Crippen LogP contribution in [0, 0.1) is 19.7 Å². The minimum absolute atomic E-state index is 0.0239. The molecule has 0 bridgehead atoms. The molecule has 0 spiro atoms. The van der Waals surface area contributed by atoms with Crippen LogP contribution in [0.15, 0.2) is 30.3 Å². The Bertz CT molecular complexity index is 604. The second-order valence-corrected chi connectivity index (χ2v) is 4.98. The minimum Gasteiger partial charge on any atom is -0.326 e. The lowest BCUT2D eigenvalue weighted by Gasteiger charge is -2.14. The molecule has 1 atom stereocenters. The molecule has 0 unspecified atom stereocenters. The maximum Gasteiger partial charge on any atom is 0.226 e. The number of carbonyl (C=O) groups is 1. The van der Waals surface area contributed by atoms with E-state index in [1.807, 2.05) is 31.5 Å². The van der Waals surface area contributed by atoms with Crippen LogP contribution < -0.4 is 5.32 Å². The Balaban J connectivity index is 1.97. The van der Waals surface area contributed by atoms with Gasteiger partial charge in [-0.3, -0.25) is 9.48 Å². The molecule has 0 aliphatic carbocycles. The Morgan fingerprint density at radius 3 is 2.55 bits per heavy atom. The van der Waals surface area contributed by atoms with Crippen LogP contribution in [0.3, 0.4) is 0 Å². The summed E-state index contributed by atoms with van der Waals surface area (Å²) in [5, 5.41) is 7.12. The van der Waals surface area contributed by atoms with E-state index in [-0.39, 0.29) is 17.8 Å². The Labute approximate surface area is 117 Å². The number of aromatic nitrogens is 2. The van der Waals surface area contributed by atoms with Crippen LogP contribution in [0.1, 0.15) is 30.8 Å². The minimum atomic E-state index is -0.320. The topological polar surface area (TPSA) is 46.9 Å². The Morgan fingerprint density at radius 2 is 2.00 bits per heavy atom. The number of hydrogen-bond donors (Lipinski definition) is 1. The van der Waals surface area contributed by atoms with E-state index in [4.69, 9.17) is 0 Å². The fourth-order valence-electron chi connectivity index (χ4n) is 2.19. The largest absolute Gasteiger partial charge is 0.326 e. The van der Waals surface area contributed by atoms with E-state index >= 15 is 0 Å². The van der Waals surface area contributed by atoms with Crippen LogP contribution in [0.4, 0.5) is 10.1 Å². The van der Waals surface area contributed by atoms with Crippen LogP contribution in [0.5, 0.6) is 0 Å². The van der Waals surface area contributed by atoms with Crippen molar-refractivity contribution >= 4 is 11.6 Å². The van der Waals surface area contributed by atoms with Crippen molar-refractivity contribution in [1.82, 2.24) is 9.78 Å². The van der Waals surface area contributed by atoms with E-state index in [0.29, 0.717) is 12.1 Å². The van der Waals surface area contributed by atoms with E-state index in [2.05, 4.69) is 10.4 Å². The lowest BCUT2D eigenvalue weighted by molar-refractivity contribution is -0.116. The monoisotopic (exact) mass is 275 g/mol. The first-order valence-corrected chi connectivity index (χ1v) is 6.54. The number of aryl methyl sites for hydroxylation is 2. The molecule has 0 fully saturated rings. The predicted octanol–water partition coefficient (Wildman–Crippen LogP) is 3.23. The second-order valence-electron chi connectivity index (χ2n) is 4.98. The molecular weight excluding hydrogens is 257 g/mol. The normalized spacial score (nSPS) is 12.2. The summed E-state index contributed by atoms with van der Waals surface area (Å²) < 4.78 is 14.6. The van der Waals surface area contributed by atoms with Crippen molar-refractivity contribution in [2.24, 2.45) is 0 Å². The third kappa shape index (κ3) is 3.44. The first kappa shape index (κ1) is 14.2. The summed E-state index contributed by atoms with van der Waals surface area (Å²) >= 11 is 0. The molecule has 1 aromatic carbocycles. The zero-order valence-corrected chi connectivity index (χ0v) is 11.9. The molecule has 1 N–H and O–H groups in total. The van der Waals surface area contributed by atoms with Gasteiger partial charge in [-0.15, -0.1) is 0 Å². The van der Waals surface area contributed by atoms with E-state index in [0.717, 1.165) is 11.4 Å². The second kappa shape index (κ2) is 5.86. The Hall–Kier alpha value is -2.17. The third-order valence-corrected chi connectivity index (χ3v) is 3.07. The lowest BCUT2D eigenvalue weighted by atomic mass is 10.2. The highest BCUT2D eigenvalue weighted by atomic mass is 19.1. The number of carbonyl (C=O) groups excluding carboxylic acids is 1. The molecule has 1 aromatic heterocycles. The molecule has 0 saturated heterocycles. The predicted molar refractivity (Wildman–Crippen MR) is 76.1 cm³/mol. The number of rotatable bonds is 4. The van der Waals surface area contributed by atoms with Crippen LogP contribution in [0.25, 0.3) is 0 Å². The molecule has 0 aliphatic rings. The van der Waals surface area contributed by atoms with Crippen molar-refractivity contribution in [1.29, 1.82) is 0 Å². The Kier molecular flexibility index (Phi) is 4.17. The van der Waals surface area contributed by atoms with Gasteiger partial charge in [-0.2, -0.15) is 5.10 Å². The number of nitrogens with one attached hydrogen (secondary N) is 1. The first-order valence-electron chi connectivity index (χ1n) is 6.54. The van der Waals surface area contributed by atoms with Crippen molar-refractivity contribution in [3.63, 3.8) is 0 Å². The van der Waals surface area contributed by atoms with Gasteiger partial charge in [-0.25, -0.2) is 4.39 Å². The summed E-state index contributed by atoms with van der Waals surface area (Å²) in [6, 6.07) is 7.68. The molecule has 5 heteroatoms. The Morgan fingerprint density at radius 1 is 1.35 bits per heavy atom. The molecule has 0 saturated carbocycles. The van der Waals surface area contributed by atoms with Crippen LogP contribution in [-0.4, -0.2) is 15.7 Å². The SMILES string of the molecule is Cc1cc(C)n([C@@H](C)CC(=O)Nc2ccc(F)cc2)n1. The standard InChI is InChI=1S/C15H18FN3O/c1-10-8-11(2)19(18-10)12(3)9-15(20)17-14-6-4-13(16)5-7-14/h4-8,12H,9H2,1-3H3,(H,17,20)/t12-/m0/s1. The van der Waals surface area contributed by atoms with Crippen molar-refractivity contribution < 1.29 is 9.18 Å². The summed E-state index contributed by atoms with van der Waals surface area (Å²) in [5.74, 6) is -0.435. The van der Waals surface area contributed by atoms with Crippen molar-refractivity contribution in [3.05, 3.63) is 47.5 Å². The van der Waals surface area contributed by atoms with E-state index in [1.54, 1.807) is 12.1 Å². The van der Waals surface area contributed by atoms with Gasteiger partial charge >= 0.3 is 0 Å². The van der Waals surface area contributed by atoms with Gasteiger partial charge in [-0.1, -0.05) is 0 Å². The fraction of sp³-hybridized carbons (Fsp3) is 0.333. The van der Waals surface area contributed by atoms with Gasteiger partial charge in [0.2, 0.25) is 5.91 Å². The van der Waals surface area contributed by atoms with Gasteiger partial charge in [0.05, 0.1) is 11.7 Å². The smallest absolute Gasteiger partial charge is 0.226 e. The van der Waals surface area contributed by atoms with Gasteiger partial charge < -0.3 is 5.32 Å². The number of hydrogen-bond acceptors (Lipinski definition) is 2. The van der Waals surface area contributed by atoms with E-state index < -0.39 is 0 Å². The summed E-state index contributed by atoms with van der Waals surface area (Å²) in [6.45, 7) is 5.84. The van der Waals surface area contributed by atoms with Crippen molar-refractivity contribution in [3.8, 4) is 0 Å². The highest BCUT2D eigenvalue weighted by Crippen LogP contribution is 2.16. The molecule has 4 nitrogen and oxygen atoms in total. The van der Waals surface area contributed by atoms with Crippen LogP contribution in [-0.2, 0) is 4.79 Å². The van der Waals surface area contributed by atoms with Gasteiger partial charge in [-0.05, 0) is 51.1 Å². The molecular formula is C15H18FN3O. The number of amides is 1. The highest BCUT2D eigenvalue weighted by Gasteiger charge is 2.14. The number of halogens is 1. The molecule has 2 rings (SSSR count). The summed E-state index contributed by atoms with van der Waals surface area (Å²) in [7, 11) is 0. The third-order valence-electron chi connectivity index (χ3n) is 3.07. The molecule has 106 valence electrons. The summed E-state index contributed by atoms with van der Waals surface area (Å²) in [6.07, 6.45) is 0.319. The zero-order chi connectivity index (χ0) is 14.7. The van der Waals surface area contributed by atoms with Gasteiger partial charge in [0.15, 0.2) is 0 Å².